The molecule has 1 aliphatic rings. The van der Waals surface area contributed by atoms with Gasteiger partial charge in [0.1, 0.15) is 6.04 Å². The summed E-state index contributed by atoms with van der Waals surface area (Å²) in [4.78, 5) is 23.5. The SMILES string of the molecule is COc1cccc(CCC(=O)NC(C(=O)O)C2CCCOC2)c1F. The number of rotatable bonds is 7. The second-order valence-corrected chi connectivity index (χ2v) is 5.79. The number of aryl methyl sites for hydroxylation is 1. The molecule has 1 aliphatic heterocycles. The lowest BCUT2D eigenvalue weighted by Crippen LogP contribution is -2.48. The van der Waals surface area contributed by atoms with Crippen molar-refractivity contribution in [3.05, 3.63) is 29.6 Å². The summed E-state index contributed by atoms with van der Waals surface area (Å²) in [6.45, 7) is 0.938. The van der Waals surface area contributed by atoms with Crippen molar-refractivity contribution in [2.45, 2.75) is 31.7 Å². The van der Waals surface area contributed by atoms with Gasteiger partial charge in [-0.1, -0.05) is 12.1 Å². The van der Waals surface area contributed by atoms with Crippen LogP contribution in [0.2, 0.25) is 0 Å². The maximum atomic E-state index is 14.0. The molecule has 6 nitrogen and oxygen atoms in total. The summed E-state index contributed by atoms with van der Waals surface area (Å²) in [5.74, 6) is -2.12. The molecule has 1 aromatic rings. The summed E-state index contributed by atoms with van der Waals surface area (Å²) < 4.78 is 24.2. The van der Waals surface area contributed by atoms with E-state index >= 15 is 0 Å². The van der Waals surface area contributed by atoms with Crippen LogP contribution in [0.4, 0.5) is 4.39 Å². The number of amides is 1. The topological polar surface area (TPSA) is 84.9 Å². The van der Waals surface area contributed by atoms with Gasteiger partial charge in [-0.3, -0.25) is 4.79 Å². The van der Waals surface area contributed by atoms with E-state index in [9.17, 15) is 19.1 Å². The maximum Gasteiger partial charge on any atom is 0.326 e. The summed E-state index contributed by atoms with van der Waals surface area (Å²) in [6, 6.07) is 3.75. The van der Waals surface area contributed by atoms with Crippen molar-refractivity contribution >= 4 is 11.9 Å². The molecule has 132 valence electrons. The highest BCUT2D eigenvalue weighted by molar-refractivity contribution is 5.83. The third kappa shape index (κ3) is 4.67. The van der Waals surface area contributed by atoms with E-state index in [2.05, 4.69) is 5.32 Å². The zero-order valence-electron chi connectivity index (χ0n) is 13.6. The van der Waals surface area contributed by atoms with E-state index in [0.29, 0.717) is 25.2 Å². The third-order valence-corrected chi connectivity index (χ3v) is 4.13. The van der Waals surface area contributed by atoms with Crippen LogP contribution in [0.5, 0.6) is 5.75 Å². The standard InChI is InChI=1S/C17H22FNO5/c1-23-13-6-2-4-11(15(13)18)7-8-14(20)19-16(17(21)22)12-5-3-9-24-10-12/h2,4,6,12,16H,3,5,7-10H2,1H3,(H,19,20)(H,21,22). The van der Waals surface area contributed by atoms with Crippen molar-refractivity contribution in [1.82, 2.24) is 5.32 Å². The predicted octanol–water partition coefficient (Wildman–Crippen LogP) is 1.76. The normalized spacial score (nSPS) is 18.7. The fourth-order valence-electron chi connectivity index (χ4n) is 2.81. The highest BCUT2D eigenvalue weighted by atomic mass is 19.1. The first-order valence-electron chi connectivity index (χ1n) is 7.94. The molecular weight excluding hydrogens is 317 g/mol. The molecule has 2 atom stereocenters. The van der Waals surface area contributed by atoms with Crippen molar-refractivity contribution in [2.75, 3.05) is 20.3 Å². The minimum Gasteiger partial charge on any atom is -0.494 e. The molecule has 0 aliphatic carbocycles. The first-order chi connectivity index (χ1) is 11.5. The number of hydrogen-bond donors (Lipinski definition) is 2. The zero-order chi connectivity index (χ0) is 17.5. The Morgan fingerprint density at radius 1 is 1.50 bits per heavy atom. The van der Waals surface area contributed by atoms with Gasteiger partial charge in [0, 0.05) is 18.9 Å². The monoisotopic (exact) mass is 339 g/mol. The Hall–Kier alpha value is -2.15. The lowest BCUT2D eigenvalue weighted by atomic mass is 9.93. The van der Waals surface area contributed by atoms with E-state index in [4.69, 9.17) is 9.47 Å². The molecule has 0 saturated carbocycles. The number of benzene rings is 1. The molecule has 0 radical (unpaired) electrons. The van der Waals surface area contributed by atoms with Gasteiger partial charge < -0.3 is 19.9 Å². The van der Waals surface area contributed by atoms with Crippen LogP contribution in [0.15, 0.2) is 18.2 Å². The first-order valence-corrected chi connectivity index (χ1v) is 7.94. The van der Waals surface area contributed by atoms with E-state index in [1.807, 2.05) is 0 Å². The lowest BCUT2D eigenvalue weighted by molar-refractivity contribution is -0.145. The number of methoxy groups -OCH3 is 1. The molecule has 2 rings (SSSR count). The van der Waals surface area contributed by atoms with Crippen molar-refractivity contribution in [3.8, 4) is 5.75 Å². The van der Waals surface area contributed by atoms with Crippen LogP contribution in [0.1, 0.15) is 24.8 Å². The summed E-state index contributed by atoms with van der Waals surface area (Å²) in [5, 5.41) is 11.9. The zero-order valence-corrected chi connectivity index (χ0v) is 13.6. The number of carbonyl (C=O) groups excluding carboxylic acids is 1. The predicted molar refractivity (Wildman–Crippen MR) is 84.4 cm³/mol. The average molecular weight is 339 g/mol. The summed E-state index contributed by atoms with van der Waals surface area (Å²) >= 11 is 0. The molecule has 0 bridgehead atoms. The Labute approximate surface area is 139 Å². The number of carboxylic acids is 1. The summed E-state index contributed by atoms with van der Waals surface area (Å²) in [7, 11) is 1.37. The van der Waals surface area contributed by atoms with Gasteiger partial charge >= 0.3 is 5.97 Å². The number of ether oxygens (including phenoxy) is 2. The van der Waals surface area contributed by atoms with Gasteiger partial charge in [0.2, 0.25) is 5.91 Å². The molecular formula is C17H22FNO5. The highest BCUT2D eigenvalue weighted by Gasteiger charge is 2.31. The molecule has 1 saturated heterocycles. The largest absolute Gasteiger partial charge is 0.494 e. The van der Waals surface area contributed by atoms with Crippen LogP contribution in [-0.2, 0) is 20.7 Å². The fraction of sp³-hybridized carbons (Fsp3) is 0.529. The average Bonchev–Trinajstić information content (AvgIpc) is 2.59. The molecule has 24 heavy (non-hydrogen) atoms. The van der Waals surface area contributed by atoms with E-state index in [0.717, 1.165) is 6.42 Å². The first kappa shape index (κ1) is 18.2. The molecule has 0 spiro atoms. The molecule has 2 N–H and O–H groups in total. The van der Waals surface area contributed by atoms with Crippen LogP contribution < -0.4 is 10.1 Å². The Morgan fingerprint density at radius 2 is 2.29 bits per heavy atom. The number of nitrogens with one attached hydrogen (secondary N) is 1. The smallest absolute Gasteiger partial charge is 0.326 e. The van der Waals surface area contributed by atoms with Crippen LogP contribution >= 0.6 is 0 Å². The van der Waals surface area contributed by atoms with Crippen molar-refractivity contribution in [1.29, 1.82) is 0 Å². The molecule has 2 unspecified atom stereocenters. The van der Waals surface area contributed by atoms with E-state index in [-0.39, 0.29) is 24.5 Å². The molecule has 1 amide bonds. The second-order valence-electron chi connectivity index (χ2n) is 5.79. The lowest BCUT2D eigenvalue weighted by Gasteiger charge is -2.28. The van der Waals surface area contributed by atoms with Crippen molar-refractivity contribution in [3.63, 3.8) is 0 Å². The number of carbonyl (C=O) groups is 2. The van der Waals surface area contributed by atoms with Crippen LogP contribution in [0.3, 0.4) is 0 Å². The Bertz CT molecular complexity index is 586. The van der Waals surface area contributed by atoms with Crippen molar-refractivity contribution < 1.29 is 28.6 Å². The van der Waals surface area contributed by atoms with Gasteiger partial charge in [0.05, 0.1) is 13.7 Å². The van der Waals surface area contributed by atoms with Crippen molar-refractivity contribution in [2.24, 2.45) is 5.92 Å². The Morgan fingerprint density at radius 3 is 2.92 bits per heavy atom. The van der Waals surface area contributed by atoms with Gasteiger partial charge in [-0.25, -0.2) is 9.18 Å². The summed E-state index contributed by atoms with van der Waals surface area (Å²) in [5.41, 5.74) is 0.359. The number of carboxylic acid groups (broad SMARTS) is 1. The number of hydrogen-bond acceptors (Lipinski definition) is 4. The van der Waals surface area contributed by atoms with E-state index in [1.54, 1.807) is 12.1 Å². The van der Waals surface area contributed by atoms with E-state index in [1.165, 1.54) is 13.2 Å². The van der Waals surface area contributed by atoms with E-state index < -0.39 is 23.7 Å². The molecule has 7 heteroatoms. The maximum absolute atomic E-state index is 14.0. The minimum atomic E-state index is -1.08. The van der Waals surface area contributed by atoms with Crippen LogP contribution in [-0.4, -0.2) is 43.3 Å². The van der Waals surface area contributed by atoms with Gasteiger partial charge in [-0.15, -0.1) is 0 Å². The van der Waals surface area contributed by atoms with Gasteiger partial charge in [0.15, 0.2) is 11.6 Å². The second kappa shape index (κ2) is 8.63. The molecule has 1 aromatic carbocycles. The van der Waals surface area contributed by atoms with Gasteiger partial charge in [-0.2, -0.15) is 0 Å². The highest BCUT2D eigenvalue weighted by Crippen LogP contribution is 2.21. The van der Waals surface area contributed by atoms with Gasteiger partial charge in [-0.05, 0) is 30.9 Å². The number of halogens is 1. The minimum absolute atomic E-state index is 0.00143. The Balaban J connectivity index is 1.92. The molecule has 0 aromatic heterocycles. The summed E-state index contributed by atoms with van der Waals surface area (Å²) in [6.07, 6.45) is 1.64. The molecule has 1 fully saturated rings. The number of aliphatic carboxylic acids is 1. The molecule has 1 heterocycles. The fourth-order valence-corrected chi connectivity index (χ4v) is 2.81. The van der Waals surface area contributed by atoms with Crippen LogP contribution in [0, 0.1) is 11.7 Å². The van der Waals surface area contributed by atoms with Gasteiger partial charge in [0.25, 0.3) is 0 Å². The van der Waals surface area contributed by atoms with Crippen LogP contribution in [0.25, 0.3) is 0 Å². The third-order valence-electron chi connectivity index (χ3n) is 4.13. The Kier molecular flexibility index (Phi) is 6.54. The quantitative estimate of drug-likeness (QED) is 0.791.